The SMILES string of the molecule is C=CCn1c(=O)n([C@H]2C=C[C@@H](COC(=O)C(C)(C)OC(C)=O)O2)c2nc(N)[nH]c(=O)c21. The average molecular weight is 433 g/mol. The fourth-order valence-electron chi connectivity index (χ4n) is 3.19. The topological polar surface area (TPSA) is 161 Å². The molecule has 12 nitrogen and oxygen atoms in total. The number of H-pyrrole nitrogens is 1. The Kier molecular flexibility index (Phi) is 5.84. The molecular formula is C19H23N5O7. The van der Waals surface area contributed by atoms with Crippen LogP contribution in [0.25, 0.3) is 11.2 Å². The maximum atomic E-state index is 12.9. The van der Waals surface area contributed by atoms with E-state index in [0.717, 1.165) is 0 Å². The van der Waals surface area contributed by atoms with Crippen molar-refractivity contribution in [3.63, 3.8) is 0 Å². The van der Waals surface area contributed by atoms with Gasteiger partial charge < -0.3 is 19.9 Å². The predicted molar refractivity (Wildman–Crippen MR) is 109 cm³/mol. The number of esters is 2. The monoisotopic (exact) mass is 433 g/mol. The number of nitrogens with one attached hydrogen (secondary N) is 1. The number of nitrogens with two attached hydrogens (primary N) is 1. The number of anilines is 1. The lowest BCUT2D eigenvalue weighted by molar-refractivity contribution is -0.179. The average Bonchev–Trinajstić information content (AvgIpc) is 3.21. The molecule has 166 valence electrons. The number of carbonyl (C=O) groups excluding carboxylic acids is 2. The van der Waals surface area contributed by atoms with Gasteiger partial charge in [-0.25, -0.2) is 14.2 Å². The molecule has 2 aromatic rings. The van der Waals surface area contributed by atoms with Crippen molar-refractivity contribution in [1.29, 1.82) is 0 Å². The van der Waals surface area contributed by atoms with E-state index in [9.17, 15) is 19.2 Å². The Morgan fingerprint density at radius 1 is 1.39 bits per heavy atom. The summed E-state index contributed by atoms with van der Waals surface area (Å²) in [4.78, 5) is 55.0. The number of nitrogens with zero attached hydrogens (tertiary/aromatic N) is 3. The standard InChI is InChI=1S/C19H23N5O7/c1-5-8-23-13-14(21-17(20)22-15(13)26)24(18(23)28)12-7-6-11(30-12)9-29-16(27)19(3,4)31-10(2)25/h5-7,11-12H,1,8-9H2,2-4H3,(H3,20,21,22,26)/t11-,12+/m0/s1. The van der Waals surface area contributed by atoms with Gasteiger partial charge in [-0.1, -0.05) is 12.2 Å². The molecule has 1 aliphatic heterocycles. The fraction of sp³-hybridized carbons (Fsp3) is 0.421. The van der Waals surface area contributed by atoms with Gasteiger partial charge >= 0.3 is 17.6 Å². The van der Waals surface area contributed by atoms with Crippen LogP contribution in [0.2, 0.25) is 0 Å². The smallest absolute Gasteiger partial charge is 0.350 e. The zero-order chi connectivity index (χ0) is 22.9. The zero-order valence-corrected chi connectivity index (χ0v) is 17.3. The minimum Gasteiger partial charge on any atom is -0.460 e. The summed E-state index contributed by atoms with van der Waals surface area (Å²) in [5, 5.41) is 0. The minimum absolute atomic E-state index is 0.0362. The van der Waals surface area contributed by atoms with Gasteiger partial charge in [-0.05, 0) is 19.9 Å². The van der Waals surface area contributed by atoms with Crippen LogP contribution in [0.4, 0.5) is 5.95 Å². The van der Waals surface area contributed by atoms with Gasteiger partial charge in [0.05, 0.1) is 0 Å². The minimum atomic E-state index is -1.45. The summed E-state index contributed by atoms with van der Waals surface area (Å²) in [5.74, 6) is -1.51. The summed E-state index contributed by atoms with van der Waals surface area (Å²) < 4.78 is 18.3. The fourth-order valence-corrected chi connectivity index (χ4v) is 3.19. The molecule has 0 fully saturated rings. The Bertz CT molecular complexity index is 1190. The summed E-state index contributed by atoms with van der Waals surface area (Å²) in [6, 6.07) is 0. The first-order valence-corrected chi connectivity index (χ1v) is 9.37. The van der Waals surface area contributed by atoms with E-state index >= 15 is 0 Å². The van der Waals surface area contributed by atoms with E-state index in [-0.39, 0.29) is 30.3 Å². The number of aromatic nitrogens is 4. The molecule has 3 N–H and O–H groups in total. The second-order valence-corrected chi connectivity index (χ2v) is 7.33. The van der Waals surface area contributed by atoms with Gasteiger partial charge in [0.15, 0.2) is 17.4 Å². The quantitative estimate of drug-likeness (QED) is 0.452. The molecule has 3 heterocycles. The molecule has 2 aromatic heterocycles. The Morgan fingerprint density at radius 2 is 2.10 bits per heavy atom. The number of hydrogen-bond acceptors (Lipinski definition) is 9. The normalized spacial score (nSPS) is 18.3. The summed E-state index contributed by atoms with van der Waals surface area (Å²) in [6.07, 6.45) is 3.08. The molecule has 0 saturated carbocycles. The van der Waals surface area contributed by atoms with Crippen molar-refractivity contribution in [2.75, 3.05) is 12.3 Å². The van der Waals surface area contributed by atoms with Crippen molar-refractivity contribution in [2.45, 2.75) is 45.2 Å². The number of imidazole rings is 1. The molecule has 0 unspecified atom stereocenters. The number of hydrogen-bond donors (Lipinski definition) is 2. The van der Waals surface area contributed by atoms with Crippen molar-refractivity contribution in [1.82, 2.24) is 19.1 Å². The van der Waals surface area contributed by atoms with Crippen molar-refractivity contribution < 1.29 is 23.8 Å². The largest absolute Gasteiger partial charge is 0.460 e. The van der Waals surface area contributed by atoms with Crippen molar-refractivity contribution in [3.8, 4) is 0 Å². The molecule has 2 atom stereocenters. The Hall–Kier alpha value is -3.67. The molecule has 3 rings (SSSR count). The summed E-state index contributed by atoms with van der Waals surface area (Å²) in [7, 11) is 0. The van der Waals surface area contributed by atoms with Gasteiger partial charge in [0, 0.05) is 13.5 Å². The van der Waals surface area contributed by atoms with Crippen molar-refractivity contribution in [2.24, 2.45) is 0 Å². The van der Waals surface area contributed by atoms with E-state index in [2.05, 4.69) is 16.5 Å². The number of rotatable bonds is 7. The molecule has 1 aliphatic rings. The number of aromatic amines is 1. The molecule has 0 spiro atoms. The van der Waals surface area contributed by atoms with E-state index in [1.807, 2.05) is 0 Å². The second kappa shape index (κ2) is 8.22. The van der Waals surface area contributed by atoms with E-state index in [1.165, 1.54) is 36.0 Å². The number of nitrogen functional groups attached to an aromatic ring is 1. The molecule has 0 bridgehead atoms. The van der Waals surface area contributed by atoms with Crippen LogP contribution in [0.3, 0.4) is 0 Å². The summed E-state index contributed by atoms with van der Waals surface area (Å²) in [6.45, 7) is 7.51. The van der Waals surface area contributed by atoms with Gasteiger partial charge in [-0.15, -0.1) is 6.58 Å². The predicted octanol–water partition coefficient (Wildman–Crippen LogP) is -0.00700. The van der Waals surface area contributed by atoms with Crippen LogP contribution in [0, 0.1) is 0 Å². The number of carbonyl (C=O) groups is 2. The highest BCUT2D eigenvalue weighted by molar-refractivity contribution is 5.82. The second-order valence-electron chi connectivity index (χ2n) is 7.33. The third-order valence-corrected chi connectivity index (χ3v) is 4.47. The van der Waals surface area contributed by atoms with Crippen LogP contribution >= 0.6 is 0 Å². The van der Waals surface area contributed by atoms with Gasteiger partial charge in [-0.3, -0.25) is 19.1 Å². The molecule has 12 heteroatoms. The van der Waals surface area contributed by atoms with Crippen molar-refractivity contribution >= 4 is 29.1 Å². The van der Waals surface area contributed by atoms with Gasteiger partial charge in [0.2, 0.25) is 11.5 Å². The van der Waals surface area contributed by atoms with Crippen LogP contribution in [-0.4, -0.2) is 49.4 Å². The Morgan fingerprint density at radius 3 is 2.74 bits per heavy atom. The van der Waals surface area contributed by atoms with Crippen LogP contribution in [0.5, 0.6) is 0 Å². The first-order chi connectivity index (χ1) is 14.5. The van der Waals surface area contributed by atoms with Gasteiger partial charge in [-0.2, -0.15) is 4.98 Å². The van der Waals surface area contributed by atoms with Crippen LogP contribution in [0.1, 0.15) is 27.0 Å². The first kappa shape index (κ1) is 22.0. The third kappa shape index (κ3) is 4.28. The maximum absolute atomic E-state index is 12.9. The molecule has 0 aromatic carbocycles. The lowest BCUT2D eigenvalue weighted by atomic mass is 10.1. The Balaban J connectivity index is 1.82. The van der Waals surface area contributed by atoms with Crippen LogP contribution in [-0.2, 0) is 30.3 Å². The highest BCUT2D eigenvalue weighted by Crippen LogP contribution is 2.24. The lowest BCUT2D eigenvalue weighted by Gasteiger charge is -2.23. The molecule has 0 radical (unpaired) electrons. The Labute approximate surface area is 175 Å². The third-order valence-electron chi connectivity index (χ3n) is 4.47. The van der Waals surface area contributed by atoms with E-state index < -0.39 is 41.1 Å². The first-order valence-electron chi connectivity index (χ1n) is 9.37. The molecule has 0 saturated heterocycles. The van der Waals surface area contributed by atoms with E-state index in [4.69, 9.17) is 19.9 Å². The van der Waals surface area contributed by atoms with E-state index in [0.29, 0.717) is 0 Å². The van der Waals surface area contributed by atoms with Crippen LogP contribution < -0.4 is 17.0 Å². The summed E-state index contributed by atoms with van der Waals surface area (Å²) in [5.41, 5.74) is 3.17. The van der Waals surface area contributed by atoms with Gasteiger partial charge in [0.1, 0.15) is 12.7 Å². The lowest BCUT2D eigenvalue weighted by Crippen LogP contribution is -2.39. The van der Waals surface area contributed by atoms with Gasteiger partial charge in [0.25, 0.3) is 5.56 Å². The number of allylic oxidation sites excluding steroid dienone is 1. The number of ether oxygens (including phenoxy) is 3. The van der Waals surface area contributed by atoms with Crippen LogP contribution in [0.15, 0.2) is 34.4 Å². The maximum Gasteiger partial charge on any atom is 0.350 e. The molecule has 31 heavy (non-hydrogen) atoms. The highest BCUT2D eigenvalue weighted by Gasteiger charge is 2.34. The highest BCUT2D eigenvalue weighted by atomic mass is 16.6. The zero-order valence-electron chi connectivity index (χ0n) is 17.3. The summed E-state index contributed by atoms with van der Waals surface area (Å²) >= 11 is 0. The number of fused-ring (bicyclic) bond motifs is 1. The molecule has 0 aliphatic carbocycles. The molecular weight excluding hydrogens is 410 g/mol. The van der Waals surface area contributed by atoms with E-state index in [1.54, 1.807) is 12.2 Å². The molecule has 0 amide bonds. The van der Waals surface area contributed by atoms with Crippen molar-refractivity contribution in [3.05, 3.63) is 45.6 Å².